The Bertz CT molecular complexity index is 673. The van der Waals surface area contributed by atoms with E-state index < -0.39 is 5.60 Å². The van der Waals surface area contributed by atoms with E-state index in [0.29, 0.717) is 23.7 Å². The van der Waals surface area contributed by atoms with Crippen LogP contribution in [-0.4, -0.2) is 61.4 Å². The fourth-order valence-electron chi connectivity index (χ4n) is 6.89. The number of ether oxygens (including phenoxy) is 5. The second-order valence-corrected chi connectivity index (χ2v) is 11.3. The van der Waals surface area contributed by atoms with Crippen LogP contribution in [0.2, 0.25) is 0 Å². The molecule has 180 valence electrons. The Morgan fingerprint density at radius 3 is 1.78 bits per heavy atom. The van der Waals surface area contributed by atoms with Crippen molar-refractivity contribution < 1.29 is 28.5 Å². The molecule has 4 atom stereocenters. The van der Waals surface area contributed by atoms with Crippen LogP contribution in [0.1, 0.15) is 84.0 Å². The Kier molecular flexibility index (Phi) is 6.43. The highest BCUT2D eigenvalue weighted by Crippen LogP contribution is 2.63. The van der Waals surface area contributed by atoms with Gasteiger partial charge in [0.1, 0.15) is 5.60 Å². The molecule has 0 aromatic heterocycles. The average molecular weight is 449 g/mol. The van der Waals surface area contributed by atoms with E-state index in [9.17, 15) is 4.79 Å². The highest BCUT2D eigenvalue weighted by atomic mass is 16.6. The molecule has 4 saturated carbocycles. The fraction of sp³-hybridized carbons (Fsp3) is 0.885. The van der Waals surface area contributed by atoms with Gasteiger partial charge in [0, 0.05) is 38.0 Å². The molecule has 0 radical (unpaired) electrons. The molecule has 2 heterocycles. The fourth-order valence-corrected chi connectivity index (χ4v) is 6.89. The van der Waals surface area contributed by atoms with E-state index in [1.807, 2.05) is 0 Å². The molecule has 2 aliphatic heterocycles. The third-order valence-electron chi connectivity index (χ3n) is 8.03. The highest BCUT2D eigenvalue weighted by Gasteiger charge is 2.66. The summed E-state index contributed by atoms with van der Waals surface area (Å²) >= 11 is 0. The van der Waals surface area contributed by atoms with Crippen LogP contribution in [0, 0.1) is 5.92 Å². The number of carbonyl (C=O) groups excluding carboxylic acids is 1. The lowest BCUT2D eigenvalue weighted by Crippen LogP contribution is -2.68. The van der Waals surface area contributed by atoms with Crippen molar-refractivity contribution in [3.8, 4) is 0 Å². The lowest BCUT2D eigenvalue weighted by Gasteiger charge is -2.64. The van der Waals surface area contributed by atoms with Gasteiger partial charge < -0.3 is 23.7 Å². The lowest BCUT2D eigenvalue weighted by molar-refractivity contribution is -0.283. The minimum atomic E-state index is -0.473. The predicted molar refractivity (Wildman–Crippen MR) is 119 cm³/mol. The number of hydrogen-bond donors (Lipinski definition) is 0. The first-order valence-electron chi connectivity index (χ1n) is 12.8. The van der Waals surface area contributed by atoms with Crippen molar-refractivity contribution in [2.75, 3.05) is 26.4 Å². The first kappa shape index (κ1) is 22.8. The SMILES string of the molecule is C=C(C)C(=O)OC12CC3CC(OCCCCC4CO4)(CC(OCCCCC4CO4)(C3)C1)C2. The van der Waals surface area contributed by atoms with Crippen LogP contribution in [0.4, 0.5) is 0 Å². The normalized spacial score (nSPS) is 41.0. The molecular formula is C26H40O6. The summed E-state index contributed by atoms with van der Waals surface area (Å²) in [4.78, 5) is 12.5. The maximum Gasteiger partial charge on any atom is 0.333 e. The summed E-state index contributed by atoms with van der Waals surface area (Å²) in [5, 5.41) is 0. The maximum absolute atomic E-state index is 12.5. The summed E-state index contributed by atoms with van der Waals surface area (Å²) in [5.41, 5.74) is -0.464. The first-order chi connectivity index (χ1) is 15.4. The Morgan fingerprint density at radius 1 is 0.844 bits per heavy atom. The number of rotatable bonds is 14. The van der Waals surface area contributed by atoms with E-state index in [2.05, 4.69) is 6.58 Å². The molecule has 0 aromatic rings. The highest BCUT2D eigenvalue weighted by molar-refractivity contribution is 5.87. The van der Waals surface area contributed by atoms with Crippen molar-refractivity contribution in [2.24, 2.45) is 5.92 Å². The molecule has 6 aliphatic rings. The minimum Gasteiger partial charge on any atom is -0.455 e. The average Bonchev–Trinajstić information content (AvgIpc) is 3.61. The topological polar surface area (TPSA) is 69.8 Å². The second kappa shape index (κ2) is 9.01. The number of epoxide rings is 2. The van der Waals surface area contributed by atoms with Crippen molar-refractivity contribution >= 4 is 5.97 Å². The van der Waals surface area contributed by atoms with Gasteiger partial charge in [-0.15, -0.1) is 0 Å². The van der Waals surface area contributed by atoms with E-state index in [4.69, 9.17) is 23.7 Å². The van der Waals surface area contributed by atoms with Gasteiger partial charge in [-0.05, 0) is 70.6 Å². The van der Waals surface area contributed by atoms with E-state index in [-0.39, 0.29) is 17.2 Å². The van der Waals surface area contributed by atoms with Gasteiger partial charge in [0.15, 0.2) is 0 Å². The van der Waals surface area contributed by atoms with Gasteiger partial charge in [-0.2, -0.15) is 0 Å². The molecular weight excluding hydrogens is 408 g/mol. The van der Waals surface area contributed by atoms with Crippen LogP contribution in [0.25, 0.3) is 0 Å². The second-order valence-electron chi connectivity index (χ2n) is 11.3. The molecule has 0 spiro atoms. The van der Waals surface area contributed by atoms with Crippen molar-refractivity contribution in [2.45, 2.75) is 113 Å². The largest absolute Gasteiger partial charge is 0.455 e. The van der Waals surface area contributed by atoms with Gasteiger partial charge in [-0.3, -0.25) is 0 Å². The molecule has 2 saturated heterocycles. The molecule has 0 aromatic carbocycles. The third kappa shape index (κ3) is 5.40. The van der Waals surface area contributed by atoms with Gasteiger partial charge >= 0.3 is 5.97 Å². The Balaban J connectivity index is 1.23. The number of hydrogen-bond acceptors (Lipinski definition) is 6. The monoisotopic (exact) mass is 448 g/mol. The van der Waals surface area contributed by atoms with Gasteiger partial charge in [-0.1, -0.05) is 6.58 Å². The van der Waals surface area contributed by atoms with E-state index in [1.165, 1.54) is 0 Å². The zero-order valence-electron chi connectivity index (χ0n) is 19.7. The van der Waals surface area contributed by atoms with Crippen LogP contribution in [0.15, 0.2) is 12.2 Å². The summed E-state index contributed by atoms with van der Waals surface area (Å²) in [6.45, 7) is 8.92. The minimum absolute atomic E-state index is 0.229. The van der Waals surface area contributed by atoms with Crippen LogP contribution >= 0.6 is 0 Å². The quantitative estimate of drug-likeness (QED) is 0.169. The van der Waals surface area contributed by atoms with Crippen molar-refractivity contribution in [3.63, 3.8) is 0 Å². The van der Waals surface area contributed by atoms with Crippen LogP contribution in [0.3, 0.4) is 0 Å². The van der Waals surface area contributed by atoms with Crippen LogP contribution in [-0.2, 0) is 28.5 Å². The maximum atomic E-state index is 12.5. The summed E-state index contributed by atoms with van der Waals surface area (Å²) < 4.78 is 30.1. The third-order valence-corrected chi connectivity index (χ3v) is 8.03. The Morgan fingerprint density at radius 2 is 1.31 bits per heavy atom. The van der Waals surface area contributed by atoms with Crippen molar-refractivity contribution in [1.29, 1.82) is 0 Å². The molecule has 6 rings (SSSR count). The number of esters is 1. The van der Waals surface area contributed by atoms with E-state index >= 15 is 0 Å². The van der Waals surface area contributed by atoms with Crippen LogP contribution < -0.4 is 0 Å². The molecule has 4 aliphatic carbocycles. The van der Waals surface area contributed by atoms with E-state index in [0.717, 1.165) is 103 Å². The number of carbonyl (C=O) groups is 1. The van der Waals surface area contributed by atoms with Gasteiger partial charge in [0.25, 0.3) is 0 Å². The Hall–Kier alpha value is -0.950. The smallest absolute Gasteiger partial charge is 0.333 e. The standard InChI is InChI=1S/C26H40O6/c1-19(2)23(27)32-26-13-20-11-24(17-26,30-9-5-3-7-21-14-28-21)16-25(12-20,18-26)31-10-6-4-8-22-15-29-22/h20-22H,1,3-18H2,2H3. The van der Waals surface area contributed by atoms with Gasteiger partial charge in [0.05, 0.1) is 36.6 Å². The summed E-state index contributed by atoms with van der Waals surface area (Å²) in [6, 6.07) is 0. The van der Waals surface area contributed by atoms with Gasteiger partial charge in [0.2, 0.25) is 0 Å². The summed E-state index contributed by atoms with van der Waals surface area (Å²) in [6.07, 6.45) is 13.2. The summed E-state index contributed by atoms with van der Waals surface area (Å²) in [5.74, 6) is 0.218. The Labute approximate surface area is 192 Å². The van der Waals surface area contributed by atoms with Crippen molar-refractivity contribution in [3.05, 3.63) is 12.2 Å². The molecule has 6 fully saturated rings. The molecule has 4 unspecified atom stereocenters. The van der Waals surface area contributed by atoms with Crippen LogP contribution in [0.5, 0.6) is 0 Å². The predicted octanol–water partition coefficient (Wildman–Crippen LogP) is 4.49. The van der Waals surface area contributed by atoms with Crippen molar-refractivity contribution in [1.82, 2.24) is 0 Å². The molecule has 0 N–H and O–H groups in total. The van der Waals surface area contributed by atoms with E-state index in [1.54, 1.807) is 6.92 Å². The molecule has 6 heteroatoms. The van der Waals surface area contributed by atoms with Gasteiger partial charge in [-0.25, -0.2) is 4.79 Å². The zero-order chi connectivity index (χ0) is 22.2. The molecule has 0 amide bonds. The molecule has 32 heavy (non-hydrogen) atoms. The zero-order valence-corrected chi connectivity index (χ0v) is 19.7. The molecule has 6 nitrogen and oxygen atoms in total. The molecule has 4 bridgehead atoms. The number of unbranched alkanes of at least 4 members (excludes halogenated alkanes) is 2. The summed E-state index contributed by atoms with van der Waals surface area (Å²) in [7, 11) is 0. The lowest BCUT2D eigenvalue weighted by atomic mass is 9.50. The first-order valence-corrected chi connectivity index (χ1v) is 12.8.